The van der Waals surface area contributed by atoms with E-state index < -0.39 is 0 Å². The molecule has 0 amide bonds. The molecule has 0 aliphatic heterocycles. The number of benzene rings is 1. The van der Waals surface area contributed by atoms with Gasteiger partial charge in [0, 0.05) is 29.1 Å². The van der Waals surface area contributed by atoms with E-state index in [1.54, 1.807) is 11.3 Å². The summed E-state index contributed by atoms with van der Waals surface area (Å²) in [5, 5.41) is 7.30. The molecule has 1 N–H and O–H groups in total. The quantitative estimate of drug-likeness (QED) is 0.915. The predicted octanol–water partition coefficient (Wildman–Crippen LogP) is 3.61. The minimum Gasteiger partial charge on any atom is -0.313 e. The molecule has 1 unspecified atom stereocenters. The van der Waals surface area contributed by atoms with Crippen LogP contribution in [-0.2, 0) is 6.42 Å². The SMILES string of the molecule is CNC(Cc1nccs1)c1cccc(Cl)c1C. The maximum atomic E-state index is 6.16. The molecule has 0 saturated carbocycles. The van der Waals surface area contributed by atoms with Crippen LogP contribution in [0, 0.1) is 6.92 Å². The smallest absolute Gasteiger partial charge is 0.0943 e. The summed E-state index contributed by atoms with van der Waals surface area (Å²) in [5.41, 5.74) is 2.39. The Balaban J connectivity index is 2.26. The van der Waals surface area contributed by atoms with Crippen LogP contribution in [0.5, 0.6) is 0 Å². The lowest BCUT2D eigenvalue weighted by molar-refractivity contribution is 0.587. The van der Waals surface area contributed by atoms with Crippen molar-refractivity contribution in [1.29, 1.82) is 0 Å². The first kappa shape index (κ1) is 12.6. The monoisotopic (exact) mass is 266 g/mol. The molecule has 2 aromatic rings. The van der Waals surface area contributed by atoms with E-state index in [0.29, 0.717) is 0 Å². The van der Waals surface area contributed by atoms with Crippen LogP contribution in [0.4, 0.5) is 0 Å². The third-order valence-electron chi connectivity index (χ3n) is 2.90. The van der Waals surface area contributed by atoms with Crippen molar-refractivity contribution in [3.8, 4) is 0 Å². The highest BCUT2D eigenvalue weighted by Gasteiger charge is 2.14. The van der Waals surface area contributed by atoms with E-state index in [-0.39, 0.29) is 6.04 Å². The number of nitrogens with zero attached hydrogens (tertiary/aromatic N) is 1. The number of likely N-dealkylation sites (N-methyl/N-ethyl adjacent to an activating group) is 1. The second-order valence-electron chi connectivity index (χ2n) is 3.93. The molecule has 1 heterocycles. The predicted molar refractivity (Wildman–Crippen MR) is 73.8 cm³/mol. The lowest BCUT2D eigenvalue weighted by Crippen LogP contribution is -2.19. The number of hydrogen-bond donors (Lipinski definition) is 1. The molecule has 1 aromatic carbocycles. The van der Waals surface area contributed by atoms with E-state index in [1.165, 1.54) is 5.56 Å². The first-order valence-electron chi connectivity index (χ1n) is 5.53. The summed E-state index contributed by atoms with van der Waals surface area (Å²) in [5.74, 6) is 0. The van der Waals surface area contributed by atoms with Crippen LogP contribution in [0.3, 0.4) is 0 Å². The third-order valence-corrected chi connectivity index (χ3v) is 4.11. The van der Waals surface area contributed by atoms with Gasteiger partial charge in [0.2, 0.25) is 0 Å². The summed E-state index contributed by atoms with van der Waals surface area (Å²) in [6.07, 6.45) is 2.74. The molecule has 0 aliphatic rings. The van der Waals surface area contributed by atoms with Crippen molar-refractivity contribution < 1.29 is 0 Å². The Kier molecular flexibility index (Phi) is 4.15. The van der Waals surface area contributed by atoms with E-state index in [0.717, 1.165) is 22.0 Å². The van der Waals surface area contributed by atoms with E-state index in [9.17, 15) is 0 Å². The van der Waals surface area contributed by atoms with Crippen LogP contribution in [0.2, 0.25) is 5.02 Å². The maximum absolute atomic E-state index is 6.16. The molecule has 2 rings (SSSR count). The van der Waals surface area contributed by atoms with Crippen molar-refractivity contribution in [3.63, 3.8) is 0 Å². The highest BCUT2D eigenvalue weighted by atomic mass is 35.5. The van der Waals surface area contributed by atoms with Crippen LogP contribution in [-0.4, -0.2) is 12.0 Å². The zero-order chi connectivity index (χ0) is 12.3. The van der Waals surface area contributed by atoms with Crippen LogP contribution >= 0.6 is 22.9 Å². The topological polar surface area (TPSA) is 24.9 Å². The van der Waals surface area contributed by atoms with E-state index in [2.05, 4.69) is 23.3 Å². The molecular weight excluding hydrogens is 252 g/mol. The van der Waals surface area contributed by atoms with Gasteiger partial charge >= 0.3 is 0 Å². The molecule has 2 nitrogen and oxygen atoms in total. The molecule has 17 heavy (non-hydrogen) atoms. The fourth-order valence-corrected chi connectivity index (χ4v) is 2.74. The zero-order valence-electron chi connectivity index (χ0n) is 9.90. The molecule has 1 aromatic heterocycles. The highest BCUT2D eigenvalue weighted by Crippen LogP contribution is 2.26. The minimum absolute atomic E-state index is 0.264. The first-order chi connectivity index (χ1) is 8.22. The second-order valence-corrected chi connectivity index (χ2v) is 5.31. The number of nitrogens with one attached hydrogen (secondary N) is 1. The van der Waals surface area contributed by atoms with Gasteiger partial charge in [-0.25, -0.2) is 4.98 Å². The molecular formula is C13H15ClN2S. The Morgan fingerprint density at radius 3 is 2.94 bits per heavy atom. The van der Waals surface area contributed by atoms with E-state index >= 15 is 0 Å². The van der Waals surface area contributed by atoms with Crippen molar-refractivity contribution >= 4 is 22.9 Å². The lowest BCUT2D eigenvalue weighted by Gasteiger charge is -2.18. The van der Waals surface area contributed by atoms with Gasteiger partial charge in [0.25, 0.3) is 0 Å². The molecule has 0 fully saturated rings. The van der Waals surface area contributed by atoms with Crippen molar-refractivity contribution in [1.82, 2.24) is 10.3 Å². The molecule has 90 valence electrons. The van der Waals surface area contributed by atoms with Crippen LogP contribution in [0.15, 0.2) is 29.8 Å². The summed E-state index contributed by atoms with van der Waals surface area (Å²) in [7, 11) is 1.97. The standard InChI is InChI=1S/C13H15ClN2S/c1-9-10(4-3-5-11(9)14)12(15-2)8-13-16-6-7-17-13/h3-7,12,15H,8H2,1-2H3. The summed E-state index contributed by atoms with van der Waals surface area (Å²) >= 11 is 7.84. The Hall–Kier alpha value is -0.900. The molecule has 0 bridgehead atoms. The number of thiazole rings is 1. The summed E-state index contributed by atoms with van der Waals surface area (Å²) in [4.78, 5) is 4.33. The van der Waals surface area contributed by atoms with Crippen molar-refractivity contribution in [3.05, 3.63) is 50.9 Å². The normalized spacial score (nSPS) is 12.6. The van der Waals surface area contributed by atoms with Gasteiger partial charge in [-0.2, -0.15) is 0 Å². The zero-order valence-corrected chi connectivity index (χ0v) is 11.5. The van der Waals surface area contributed by atoms with Gasteiger partial charge in [-0.15, -0.1) is 11.3 Å². The van der Waals surface area contributed by atoms with Gasteiger partial charge in [-0.1, -0.05) is 23.7 Å². The second kappa shape index (κ2) is 5.63. The Morgan fingerprint density at radius 1 is 1.47 bits per heavy atom. The maximum Gasteiger partial charge on any atom is 0.0943 e. The van der Waals surface area contributed by atoms with Crippen molar-refractivity contribution in [2.45, 2.75) is 19.4 Å². The Morgan fingerprint density at radius 2 is 2.29 bits per heavy atom. The number of halogens is 1. The van der Waals surface area contributed by atoms with Crippen LogP contribution < -0.4 is 5.32 Å². The molecule has 0 radical (unpaired) electrons. The molecule has 0 saturated heterocycles. The summed E-state index contributed by atoms with van der Waals surface area (Å²) in [6.45, 7) is 2.06. The average Bonchev–Trinajstić information content (AvgIpc) is 2.83. The largest absolute Gasteiger partial charge is 0.313 e. The number of hydrogen-bond acceptors (Lipinski definition) is 3. The summed E-state index contributed by atoms with van der Waals surface area (Å²) in [6, 6.07) is 6.31. The Bertz CT molecular complexity index is 482. The summed E-state index contributed by atoms with van der Waals surface area (Å²) < 4.78 is 0. The van der Waals surface area contributed by atoms with Gasteiger partial charge in [0.15, 0.2) is 0 Å². The van der Waals surface area contributed by atoms with Crippen LogP contribution in [0.1, 0.15) is 22.2 Å². The van der Waals surface area contributed by atoms with Gasteiger partial charge in [-0.3, -0.25) is 0 Å². The minimum atomic E-state index is 0.264. The van der Waals surface area contributed by atoms with Crippen molar-refractivity contribution in [2.75, 3.05) is 7.05 Å². The molecule has 4 heteroatoms. The molecule has 0 aliphatic carbocycles. The van der Waals surface area contributed by atoms with Gasteiger partial charge in [0.1, 0.15) is 0 Å². The Labute approximate surface area is 111 Å². The average molecular weight is 267 g/mol. The lowest BCUT2D eigenvalue weighted by atomic mass is 9.99. The number of aromatic nitrogens is 1. The van der Waals surface area contributed by atoms with Crippen molar-refractivity contribution in [2.24, 2.45) is 0 Å². The van der Waals surface area contributed by atoms with Gasteiger partial charge < -0.3 is 5.32 Å². The van der Waals surface area contributed by atoms with E-state index in [1.807, 2.05) is 30.8 Å². The molecule has 0 spiro atoms. The highest BCUT2D eigenvalue weighted by molar-refractivity contribution is 7.09. The van der Waals surface area contributed by atoms with Gasteiger partial charge in [-0.05, 0) is 31.2 Å². The van der Waals surface area contributed by atoms with E-state index in [4.69, 9.17) is 11.6 Å². The van der Waals surface area contributed by atoms with Crippen LogP contribution in [0.25, 0.3) is 0 Å². The third kappa shape index (κ3) is 2.86. The first-order valence-corrected chi connectivity index (χ1v) is 6.78. The molecule has 1 atom stereocenters. The fourth-order valence-electron chi connectivity index (χ4n) is 1.90. The fraction of sp³-hybridized carbons (Fsp3) is 0.308. The number of rotatable bonds is 4. The van der Waals surface area contributed by atoms with Gasteiger partial charge in [0.05, 0.1) is 5.01 Å².